The van der Waals surface area contributed by atoms with Gasteiger partial charge in [0.05, 0.1) is 0 Å². The maximum absolute atomic E-state index is 10.8. The van der Waals surface area contributed by atoms with Gasteiger partial charge in [0.1, 0.15) is 5.78 Å². The van der Waals surface area contributed by atoms with Crippen molar-refractivity contribution in [1.82, 2.24) is 0 Å². The Labute approximate surface area is 127 Å². The van der Waals surface area contributed by atoms with Crippen molar-refractivity contribution in [2.45, 2.75) is 91.4 Å². The quantitative estimate of drug-likeness (QED) is 0.375. The first-order valence-electron chi connectivity index (χ1n) is 8.72. The molecule has 2 atom stereocenters. The van der Waals surface area contributed by atoms with E-state index < -0.39 is 0 Å². The average Bonchev–Trinajstić information content (AvgIpc) is 2.41. The van der Waals surface area contributed by atoms with E-state index in [0.717, 1.165) is 24.7 Å². The van der Waals surface area contributed by atoms with Gasteiger partial charge in [0.2, 0.25) is 0 Å². The molecule has 0 aromatic heterocycles. The number of hydrogen-bond donors (Lipinski definition) is 0. The Kier molecular flexibility index (Phi) is 13.0. The van der Waals surface area contributed by atoms with E-state index in [4.69, 9.17) is 0 Å². The van der Waals surface area contributed by atoms with E-state index in [1.807, 2.05) is 6.92 Å². The lowest BCUT2D eigenvalue weighted by atomic mass is 9.75. The monoisotopic (exact) mass is 280 g/mol. The maximum Gasteiger partial charge on any atom is 0.129 e. The highest BCUT2D eigenvalue weighted by molar-refractivity contribution is 5.75. The van der Waals surface area contributed by atoms with Crippen LogP contribution in [0.15, 0.2) is 12.7 Å². The molecule has 0 radical (unpaired) electrons. The van der Waals surface area contributed by atoms with Crippen LogP contribution in [0.2, 0.25) is 0 Å². The molecule has 1 saturated carbocycles. The SMILES string of the molecule is C=CC.CCCC1CCCCC1CCCCCC(C)=O. The molecule has 0 aromatic carbocycles. The molecular weight excluding hydrogens is 244 g/mol. The van der Waals surface area contributed by atoms with Crippen molar-refractivity contribution in [3.63, 3.8) is 0 Å². The number of ketones is 1. The summed E-state index contributed by atoms with van der Waals surface area (Å²) in [6.07, 6.45) is 16.3. The van der Waals surface area contributed by atoms with Gasteiger partial charge in [-0.15, -0.1) is 6.58 Å². The van der Waals surface area contributed by atoms with Gasteiger partial charge in [-0.3, -0.25) is 0 Å². The molecule has 1 aliphatic rings. The Bertz CT molecular complexity index is 242. The Morgan fingerprint density at radius 3 is 2.15 bits per heavy atom. The van der Waals surface area contributed by atoms with E-state index in [1.165, 1.54) is 57.8 Å². The van der Waals surface area contributed by atoms with Gasteiger partial charge in [0, 0.05) is 6.42 Å². The van der Waals surface area contributed by atoms with Crippen LogP contribution in [0.5, 0.6) is 0 Å². The van der Waals surface area contributed by atoms with E-state index in [-0.39, 0.29) is 0 Å². The predicted octanol–water partition coefficient (Wildman–Crippen LogP) is 6.32. The molecule has 0 heterocycles. The molecule has 1 rings (SSSR count). The molecule has 0 saturated heterocycles. The first kappa shape index (κ1) is 19.4. The fourth-order valence-corrected chi connectivity index (χ4v) is 3.37. The first-order chi connectivity index (χ1) is 9.65. The van der Waals surface area contributed by atoms with Gasteiger partial charge in [-0.1, -0.05) is 70.8 Å². The van der Waals surface area contributed by atoms with Gasteiger partial charge in [-0.05, 0) is 32.1 Å². The lowest BCUT2D eigenvalue weighted by Gasteiger charge is -2.31. The number of carbonyl (C=O) groups is 1. The number of Topliss-reactive ketones (excluding diaryl/α,β-unsaturated/α-hetero) is 1. The van der Waals surface area contributed by atoms with E-state index in [2.05, 4.69) is 13.5 Å². The highest BCUT2D eigenvalue weighted by Gasteiger charge is 2.23. The minimum atomic E-state index is 0.353. The van der Waals surface area contributed by atoms with Crippen LogP contribution in [0.3, 0.4) is 0 Å². The molecule has 0 N–H and O–H groups in total. The highest BCUT2D eigenvalue weighted by Crippen LogP contribution is 2.36. The Hall–Kier alpha value is -0.590. The third-order valence-corrected chi connectivity index (χ3v) is 4.33. The first-order valence-corrected chi connectivity index (χ1v) is 8.72. The van der Waals surface area contributed by atoms with Crippen molar-refractivity contribution in [3.8, 4) is 0 Å². The minimum Gasteiger partial charge on any atom is -0.300 e. The fourth-order valence-electron chi connectivity index (χ4n) is 3.37. The molecule has 1 heteroatoms. The van der Waals surface area contributed by atoms with Crippen LogP contribution < -0.4 is 0 Å². The second kappa shape index (κ2) is 13.4. The number of hydrogen-bond acceptors (Lipinski definition) is 1. The van der Waals surface area contributed by atoms with Crippen molar-refractivity contribution >= 4 is 5.78 Å². The van der Waals surface area contributed by atoms with Crippen molar-refractivity contribution in [2.24, 2.45) is 11.8 Å². The lowest BCUT2D eigenvalue weighted by Crippen LogP contribution is -2.19. The highest BCUT2D eigenvalue weighted by atomic mass is 16.1. The van der Waals surface area contributed by atoms with Crippen molar-refractivity contribution in [2.75, 3.05) is 0 Å². The summed E-state index contributed by atoms with van der Waals surface area (Å²) in [7, 11) is 0. The summed E-state index contributed by atoms with van der Waals surface area (Å²) in [5.41, 5.74) is 0. The molecule has 2 unspecified atom stereocenters. The lowest BCUT2D eigenvalue weighted by molar-refractivity contribution is -0.117. The largest absolute Gasteiger partial charge is 0.300 e. The van der Waals surface area contributed by atoms with Crippen LogP contribution in [-0.2, 0) is 4.79 Å². The molecule has 1 nitrogen and oxygen atoms in total. The molecule has 20 heavy (non-hydrogen) atoms. The average molecular weight is 280 g/mol. The van der Waals surface area contributed by atoms with E-state index in [1.54, 1.807) is 13.0 Å². The van der Waals surface area contributed by atoms with Gasteiger partial charge in [0.25, 0.3) is 0 Å². The second-order valence-corrected chi connectivity index (χ2v) is 6.30. The summed E-state index contributed by atoms with van der Waals surface area (Å²) in [5.74, 6) is 2.37. The summed E-state index contributed by atoms with van der Waals surface area (Å²) < 4.78 is 0. The fraction of sp³-hybridized carbons (Fsp3) is 0.842. The van der Waals surface area contributed by atoms with Gasteiger partial charge < -0.3 is 4.79 Å². The normalized spacial score (nSPS) is 21.8. The summed E-state index contributed by atoms with van der Waals surface area (Å²) in [4.78, 5) is 10.8. The van der Waals surface area contributed by atoms with Crippen LogP contribution in [0, 0.1) is 11.8 Å². The Balaban J connectivity index is 0.00000110. The molecule has 118 valence electrons. The third-order valence-electron chi connectivity index (χ3n) is 4.33. The van der Waals surface area contributed by atoms with Crippen LogP contribution >= 0.6 is 0 Å². The zero-order valence-electron chi connectivity index (χ0n) is 14.1. The molecule has 1 fully saturated rings. The van der Waals surface area contributed by atoms with Gasteiger partial charge in [-0.25, -0.2) is 0 Å². The number of allylic oxidation sites excluding steroid dienone is 1. The zero-order chi connectivity index (χ0) is 15.2. The van der Waals surface area contributed by atoms with Crippen LogP contribution in [0.1, 0.15) is 91.4 Å². The Morgan fingerprint density at radius 1 is 1.10 bits per heavy atom. The van der Waals surface area contributed by atoms with E-state index in [9.17, 15) is 4.79 Å². The minimum absolute atomic E-state index is 0.353. The number of rotatable bonds is 8. The molecule has 0 aliphatic heterocycles. The van der Waals surface area contributed by atoms with E-state index in [0.29, 0.717) is 5.78 Å². The number of unbranched alkanes of at least 4 members (excludes halogenated alkanes) is 2. The summed E-state index contributed by atoms with van der Waals surface area (Å²) in [5, 5.41) is 0. The summed E-state index contributed by atoms with van der Waals surface area (Å²) in [6, 6.07) is 0. The molecule has 0 bridgehead atoms. The molecule has 1 aliphatic carbocycles. The van der Waals surface area contributed by atoms with Crippen molar-refractivity contribution in [1.29, 1.82) is 0 Å². The van der Waals surface area contributed by atoms with Gasteiger partial charge in [-0.2, -0.15) is 0 Å². The molecule has 0 aromatic rings. The Morgan fingerprint density at radius 2 is 1.65 bits per heavy atom. The van der Waals surface area contributed by atoms with Crippen LogP contribution in [0.25, 0.3) is 0 Å². The smallest absolute Gasteiger partial charge is 0.129 e. The zero-order valence-corrected chi connectivity index (χ0v) is 14.1. The standard InChI is InChI=1S/C16H30O.C3H6/c1-3-9-15-12-7-8-13-16(15)11-6-4-5-10-14(2)17;1-3-2/h15-16H,3-13H2,1-2H3;3H,1H2,2H3. The summed E-state index contributed by atoms with van der Waals surface area (Å²) >= 11 is 0. The van der Waals surface area contributed by atoms with Crippen molar-refractivity contribution in [3.05, 3.63) is 12.7 Å². The van der Waals surface area contributed by atoms with Crippen molar-refractivity contribution < 1.29 is 4.79 Å². The molecular formula is C19H36O. The second-order valence-electron chi connectivity index (χ2n) is 6.30. The topological polar surface area (TPSA) is 17.1 Å². The van der Waals surface area contributed by atoms with Gasteiger partial charge >= 0.3 is 0 Å². The maximum atomic E-state index is 10.8. The van der Waals surface area contributed by atoms with Crippen LogP contribution in [-0.4, -0.2) is 5.78 Å². The predicted molar refractivity (Wildman–Crippen MR) is 90.0 cm³/mol. The van der Waals surface area contributed by atoms with E-state index >= 15 is 0 Å². The molecule has 0 amide bonds. The number of carbonyl (C=O) groups excluding carboxylic acids is 1. The van der Waals surface area contributed by atoms with Crippen LogP contribution in [0.4, 0.5) is 0 Å². The van der Waals surface area contributed by atoms with Gasteiger partial charge in [0.15, 0.2) is 0 Å². The molecule has 0 spiro atoms. The third kappa shape index (κ3) is 10.2. The summed E-state index contributed by atoms with van der Waals surface area (Å²) in [6.45, 7) is 9.27.